The van der Waals surface area contributed by atoms with E-state index in [1.807, 2.05) is 45.9 Å². The van der Waals surface area contributed by atoms with Crippen LogP contribution in [0.5, 0.6) is 0 Å². The van der Waals surface area contributed by atoms with Crippen LogP contribution in [0.1, 0.15) is 115 Å². The minimum Gasteiger partial charge on any atom is -0.432 e. The predicted molar refractivity (Wildman–Crippen MR) is 235 cm³/mol. The molecule has 0 spiro atoms. The number of ether oxygens (including phenoxy) is 4. The van der Waals surface area contributed by atoms with Gasteiger partial charge >= 0.3 is 6.16 Å². The number of aliphatic hydroxyl groups is 1. The van der Waals surface area contributed by atoms with Crippen molar-refractivity contribution >= 4 is 53.0 Å². The van der Waals surface area contributed by atoms with E-state index in [2.05, 4.69) is 21.3 Å². The molecule has 18 heteroatoms. The topological polar surface area (TPSA) is 237 Å². The van der Waals surface area contributed by atoms with E-state index in [0.29, 0.717) is 68.4 Å². The number of carbonyl (C=O) groups is 7. The first-order valence-electron chi connectivity index (χ1n) is 21.8. The average Bonchev–Trinajstić information content (AvgIpc) is 3.74. The van der Waals surface area contributed by atoms with Crippen LogP contribution >= 0.6 is 0 Å². The molecule has 1 aliphatic carbocycles. The zero-order chi connectivity index (χ0) is 46.4. The first kappa shape index (κ1) is 53.7. The summed E-state index contributed by atoms with van der Waals surface area (Å²) < 4.78 is 20.4. The van der Waals surface area contributed by atoms with Crippen LogP contribution in [0.3, 0.4) is 0 Å². The summed E-state index contributed by atoms with van der Waals surface area (Å²) in [5.74, 6) is -2.15. The van der Waals surface area contributed by atoms with Crippen molar-refractivity contribution in [2.45, 2.75) is 104 Å². The fourth-order valence-corrected chi connectivity index (χ4v) is 6.23. The van der Waals surface area contributed by atoms with E-state index in [1.165, 1.54) is 0 Å². The van der Waals surface area contributed by atoms with E-state index in [1.54, 1.807) is 25.3 Å². The van der Waals surface area contributed by atoms with Crippen molar-refractivity contribution in [2.24, 2.45) is 0 Å². The highest BCUT2D eigenvalue weighted by atomic mass is 16.8. The summed E-state index contributed by atoms with van der Waals surface area (Å²) in [5, 5.41) is 20.0. The number of fused-ring (bicyclic) bond motifs is 3. The number of benzene rings is 2. The molecular formula is C45H67N5O13. The second-order valence-electron chi connectivity index (χ2n) is 14.3. The van der Waals surface area contributed by atoms with E-state index in [0.717, 1.165) is 61.3 Å². The molecule has 2 aliphatic rings. The number of hydrogen-bond acceptors (Lipinski definition) is 13. The van der Waals surface area contributed by atoms with Gasteiger partial charge in [-0.15, -0.1) is 0 Å². The molecule has 1 heterocycles. The molecule has 5 N–H and O–H groups in total. The molecule has 0 radical (unpaired) electrons. The minimum absolute atomic E-state index is 0.0392. The van der Waals surface area contributed by atoms with Crippen LogP contribution in [-0.2, 0) is 52.6 Å². The van der Waals surface area contributed by atoms with Crippen LogP contribution in [0.4, 0.5) is 16.2 Å². The number of methoxy groups -OCH3 is 1. The Morgan fingerprint density at radius 3 is 1.86 bits per heavy atom. The number of hydrogen-bond donors (Lipinski definition) is 5. The fourth-order valence-electron chi connectivity index (χ4n) is 6.23. The Hall–Kier alpha value is -5.43. The zero-order valence-corrected chi connectivity index (χ0v) is 37.5. The largest absolute Gasteiger partial charge is 0.533 e. The quantitative estimate of drug-likeness (QED) is 0.0480. The third kappa shape index (κ3) is 20.5. The Kier molecular flexibility index (Phi) is 26.8. The molecule has 1 fully saturated rings. The maximum atomic E-state index is 12.6. The molecule has 6 amide bonds. The molecule has 63 heavy (non-hydrogen) atoms. The summed E-state index contributed by atoms with van der Waals surface area (Å²) in [7, 11) is 1.70. The molecule has 1 saturated heterocycles. The summed E-state index contributed by atoms with van der Waals surface area (Å²) in [4.78, 5) is 88.1. The van der Waals surface area contributed by atoms with E-state index < -0.39 is 23.9 Å². The van der Waals surface area contributed by atoms with Crippen LogP contribution in [0, 0.1) is 0 Å². The van der Waals surface area contributed by atoms with Gasteiger partial charge in [0.1, 0.15) is 6.61 Å². The molecule has 1 unspecified atom stereocenters. The van der Waals surface area contributed by atoms with Crippen molar-refractivity contribution in [2.75, 3.05) is 77.1 Å². The van der Waals surface area contributed by atoms with Crippen molar-refractivity contribution in [1.29, 1.82) is 0 Å². The van der Waals surface area contributed by atoms with Gasteiger partial charge in [-0.25, -0.2) is 4.79 Å². The predicted octanol–water partition coefficient (Wildman–Crippen LogP) is 5.36. The second kappa shape index (κ2) is 31.4. The van der Waals surface area contributed by atoms with Crippen molar-refractivity contribution in [1.82, 2.24) is 15.7 Å². The maximum absolute atomic E-state index is 12.6. The monoisotopic (exact) mass is 885 g/mol. The summed E-state index contributed by atoms with van der Waals surface area (Å²) in [6, 6.07) is 10.9. The number of aliphatic hydroxyl groups excluding tert-OH is 1. The van der Waals surface area contributed by atoms with Crippen LogP contribution in [0.2, 0.25) is 0 Å². The lowest BCUT2D eigenvalue weighted by atomic mass is 9.97. The van der Waals surface area contributed by atoms with Crippen molar-refractivity contribution in [3.63, 3.8) is 0 Å². The van der Waals surface area contributed by atoms with Gasteiger partial charge in [-0.2, -0.15) is 0 Å². The van der Waals surface area contributed by atoms with Gasteiger partial charge < -0.3 is 45.3 Å². The highest BCUT2D eigenvalue weighted by Crippen LogP contribution is 2.47. The van der Waals surface area contributed by atoms with Gasteiger partial charge in [0.15, 0.2) is 0 Å². The highest BCUT2D eigenvalue weighted by Gasteiger charge is 2.35. The van der Waals surface area contributed by atoms with Crippen molar-refractivity contribution in [3.05, 3.63) is 47.5 Å². The Morgan fingerprint density at radius 2 is 1.30 bits per heavy atom. The number of nitrogens with one attached hydrogen (secondary N) is 4. The zero-order valence-electron chi connectivity index (χ0n) is 37.5. The highest BCUT2D eigenvalue weighted by molar-refractivity contribution is 6.01. The third-order valence-corrected chi connectivity index (χ3v) is 9.34. The molecule has 2 aromatic rings. The van der Waals surface area contributed by atoms with Gasteiger partial charge in [0.25, 0.3) is 11.8 Å². The van der Waals surface area contributed by atoms with Crippen molar-refractivity contribution in [3.8, 4) is 11.1 Å². The molecule has 0 saturated carbocycles. The number of rotatable bonds is 25. The van der Waals surface area contributed by atoms with Crippen LogP contribution in [0.25, 0.3) is 11.1 Å². The number of amides is 6. The smallest absolute Gasteiger partial charge is 0.432 e. The summed E-state index contributed by atoms with van der Waals surface area (Å²) >= 11 is 0. The maximum Gasteiger partial charge on any atom is 0.533 e. The van der Waals surface area contributed by atoms with Gasteiger partial charge in [-0.3, -0.25) is 33.6 Å². The first-order valence-corrected chi connectivity index (χ1v) is 21.8. The van der Waals surface area contributed by atoms with Crippen LogP contribution in [0.15, 0.2) is 36.4 Å². The summed E-state index contributed by atoms with van der Waals surface area (Å²) in [6.07, 6.45) is 3.79. The molecule has 0 aromatic heterocycles. The SMILES string of the molecule is CCC(=O)NCCOCCCCO.CCCC(=O)Nc1ccc2c(c1)C(COC(=O)ON1C(=O)CCC1=O)c1cc(NC(=O)CCCC(=O)NCC)ccc1-2.CCOCCCOC. The number of nitrogens with zero attached hydrogens (tertiary/aromatic N) is 1. The number of anilines is 2. The molecule has 1 atom stereocenters. The van der Waals surface area contributed by atoms with Gasteiger partial charge in [0, 0.05) is 109 Å². The number of carbonyl (C=O) groups excluding carboxylic acids is 7. The Morgan fingerprint density at radius 1 is 0.698 bits per heavy atom. The molecule has 2 aromatic carbocycles. The van der Waals surface area contributed by atoms with Crippen LogP contribution in [-0.4, -0.2) is 118 Å². The average molecular weight is 886 g/mol. The Balaban J connectivity index is 0.000000535. The Labute approximate surface area is 370 Å². The summed E-state index contributed by atoms with van der Waals surface area (Å²) in [5.41, 5.74) is 4.39. The normalized spacial score (nSPS) is 13.4. The van der Waals surface area contributed by atoms with Gasteiger partial charge in [0.05, 0.1) is 6.61 Å². The molecule has 18 nitrogen and oxygen atoms in total. The lowest BCUT2D eigenvalue weighted by Crippen LogP contribution is -2.32. The molecule has 350 valence electrons. The van der Waals surface area contributed by atoms with Gasteiger partial charge in [-0.1, -0.05) is 31.0 Å². The number of unbranched alkanes of at least 4 members (excludes halogenated alkanes) is 1. The first-order chi connectivity index (χ1) is 30.4. The molecule has 4 rings (SSSR count). The summed E-state index contributed by atoms with van der Waals surface area (Å²) in [6.45, 7) is 12.3. The molecule has 0 bridgehead atoms. The number of hydroxylamine groups is 2. The van der Waals surface area contributed by atoms with E-state index >= 15 is 0 Å². The van der Waals surface area contributed by atoms with Gasteiger partial charge in [0.2, 0.25) is 23.6 Å². The molecular weight excluding hydrogens is 819 g/mol. The lowest BCUT2D eigenvalue weighted by molar-refractivity contribution is -0.177. The molecule has 1 aliphatic heterocycles. The van der Waals surface area contributed by atoms with E-state index in [-0.39, 0.29) is 62.5 Å². The second-order valence-corrected chi connectivity index (χ2v) is 14.3. The number of imide groups is 1. The third-order valence-electron chi connectivity index (χ3n) is 9.34. The van der Waals surface area contributed by atoms with Gasteiger partial charge in [-0.05, 0) is 92.5 Å². The lowest BCUT2D eigenvalue weighted by Gasteiger charge is -2.17. The van der Waals surface area contributed by atoms with Crippen LogP contribution < -0.4 is 21.3 Å². The van der Waals surface area contributed by atoms with Crippen molar-refractivity contribution < 1.29 is 62.5 Å². The standard InChI is InChI=1S/C30H34N4O8.C9H19NO3.C6H14O2/c1-3-6-26(36)32-18-9-11-20-21-12-10-19(33-27(37)8-5-7-25(35)31-4-2)16-23(21)24(22(20)15-18)17-41-30(40)42-34-28(38)13-14-29(34)39;1-2-9(12)10-5-8-13-7-4-3-6-11;1-3-8-6-4-5-7-2/h9-12,15-16,24H,3-8,13-14,17H2,1-2H3,(H,31,35)(H,32,36)(H,33,37);11H,2-8H2,1H3,(H,10,12);3-6H2,1-2H3. The fraction of sp³-hybridized carbons (Fsp3) is 0.578. The Bertz CT molecular complexity index is 1750. The minimum atomic E-state index is -1.20. The van der Waals surface area contributed by atoms with E-state index in [9.17, 15) is 33.6 Å². The van der Waals surface area contributed by atoms with E-state index in [4.69, 9.17) is 28.9 Å².